The standard InChI is InChI=1S/C14H8ClN3O2/c15-9-7-16-13(18-12(9)14(19)20)11-6-5-8-3-1-2-4-10(8)17-11/h1-7H,(H,19,20). The fourth-order valence-corrected chi connectivity index (χ4v) is 2.00. The van der Waals surface area contributed by atoms with E-state index in [0.717, 1.165) is 10.9 Å². The van der Waals surface area contributed by atoms with E-state index in [-0.39, 0.29) is 16.5 Å². The van der Waals surface area contributed by atoms with Crippen LogP contribution in [0.5, 0.6) is 0 Å². The molecule has 0 amide bonds. The van der Waals surface area contributed by atoms with E-state index in [1.54, 1.807) is 6.07 Å². The number of aromatic carboxylic acids is 1. The average molecular weight is 286 g/mol. The Morgan fingerprint density at radius 1 is 1.10 bits per heavy atom. The van der Waals surface area contributed by atoms with E-state index in [1.807, 2.05) is 30.3 Å². The molecule has 1 aromatic carbocycles. The Balaban J connectivity index is 2.15. The Hall–Kier alpha value is -2.53. The fourth-order valence-electron chi connectivity index (χ4n) is 1.83. The maximum atomic E-state index is 11.0. The van der Waals surface area contributed by atoms with Crippen molar-refractivity contribution in [1.29, 1.82) is 0 Å². The van der Waals surface area contributed by atoms with Gasteiger partial charge >= 0.3 is 5.97 Å². The average Bonchev–Trinajstić information content (AvgIpc) is 2.47. The smallest absolute Gasteiger partial charge is 0.356 e. The number of pyridine rings is 1. The van der Waals surface area contributed by atoms with Gasteiger partial charge in [0, 0.05) is 5.39 Å². The third-order valence-corrected chi connectivity index (χ3v) is 3.05. The molecule has 3 rings (SSSR count). The largest absolute Gasteiger partial charge is 0.476 e. The molecule has 2 aromatic heterocycles. The highest BCUT2D eigenvalue weighted by molar-refractivity contribution is 6.33. The molecule has 0 radical (unpaired) electrons. The lowest BCUT2D eigenvalue weighted by Gasteiger charge is -2.03. The predicted octanol–water partition coefficient (Wildman–Crippen LogP) is 3.04. The molecule has 6 heteroatoms. The summed E-state index contributed by atoms with van der Waals surface area (Å²) >= 11 is 5.75. The normalized spacial score (nSPS) is 10.7. The highest BCUT2D eigenvalue weighted by Gasteiger charge is 2.14. The molecule has 0 bridgehead atoms. The summed E-state index contributed by atoms with van der Waals surface area (Å²) in [6.45, 7) is 0. The molecule has 20 heavy (non-hydrogen) atoms. The number of para-hydroxylation sites is 1. The van der Waals surface area contributed by atoms with Crippen LogP contribution in [0.25, 0.3) is 22.4 Å². The van der Waals surface area contributed by atoms with E-state index in [4.69, 9.17) is 16.7 Å². The molecule has 2 heterocycles. The number of hydrogen-bond donors (Lipinski definition) is 1. The van der Waals surface area contributed by atoms with Gasteiger partial charge in [0.2, 0.25) is 0 Å². The lowest BCUT2D eigenvalue weighted by molar-refractivity contribution is 0.0690. The number of carbonyl (C=O) groups is 1. The number of fused-ring (bicyclic) bond motifs is 1. The Morgan fingerprint density at radius 2 is 1.90 bits per heavy atom. The highest BCUT2D eigenvalue weighted by atomic mass is 35.5. The minimum Gasteiger partial charge on any atom is -0.476 e. The van der Waals surface area contributed by atoms with E-state index in [2.05, 4.69) is 15.0 Å². The molecule has 0 aliphatic rings. The van der Waals surface area contributed by atoms with Gasteiger partial charge in [0.05, 0.1) is 16.7 Å². The second-order valence-electron chi connectivity index (χ2n) is 4.08. The molecular formula is C14H8ClN3O2. The van der Waals surface area contributed by atoms with Gasteiger partial charge in [-0.2, -0.15) is 0 Å². The van der Waals surface area contributed by atoms with Crippen LogP contribution < -0.4 is 0 Å². The van der Waals surface area contributed by atoms with Crippen LogP contribution in [-0.2, 0) is 0 Å². The summed E-state index contributed by atoms with van der Waals surface area (Å²) in [5.41, 5.74) is 1.06. The van der Waals surface area contributed by atoms with Gasteiger partial charge in [-0.05, 0) is 12.1 Å². The molecule has 0 atom stereocenters. The first-order valence-electron chi connectivity index (χ1n) is 5.77. The van der Waals surface area contributed by atoms with Gasteiger partial charge in [-0.15, -0.1) is 0 Å². The van der Waals surface area contributed by atoms with Gasteiger partial charge in [0.1, 0.15) is 5.69 Å². The molecule has 0 saturated carbocycles. The van der Waals surface area contributed by atoms with E-state index >= 15 is 0 Å². The first-order valence-corrected chi connectivity index (χ1v) is 6.15. The van der Waals surface area contributed by atoms with Crippen LogP contribution in [0.2, 0.25) is 5.02 Å². The van der Waals surface area contributed by atoms with Crippen molar-refractivity contribution >= 4 is 28.5 Å². The summed E-state index contributed by atoms with van der Waals surface area (Å²) in [4.78, 5) is 23.4. The second kappa shape index (κ2) is 4.86. The summed E-state index contributed by atoms with van der Waals surface area (Å²) in [5.74, 6) is -0.961. The summed E-state index contributed by atoms with van der Waals surface area (Å²) in [7, 11) is 0. The molecule has 0 aliphatic carbocycles. The zero-order chi connectivity index (χ0) is 14.1. The van der Waals surface area contributed by atoms with E-state index in [0.29, 0.717) is 5.69 Å². The van der Waals surface area contributed by atoms with Crippen molar-refractivity contribution in [3.05, 3.63) is 53.3 Å². The molecule has 3 aromatic rings. The molecule has 98 valence electrons. The van der Waals surface area contributed by atoms with Crippen LogP contribution in [0.1, 0.15) is 10.5 Å². The molecule has 0 aliphatic heterocycles. The summed E-state index contributed by atoms with van der Waals surface area (Å²) in [5, 5.41) is 10.0. The predicted molar refractivity (Wildman–Crippen MR) is 74.7 cm³/mol. The molecule has 0 fully saturated rings. The van der Waals surface area contributed by atoms with Crippen LogP contribution >= 0.6 is 11.6 Å². The first kappa shape index (κ1) is 12.5. The molecule has 0 spiro atoms. The summed E-state index contributed by atoms with van der Waals surface area (Å²) < 4.78 is 0. The molecule has 0 saturated heterocycles. The Kier molecular flexibility index (Phi) is 3.04. The molecule has 5 nitrogen and oxygen atoms in total. The maximum absolute atomic E-state index is 11.0. The lowest BCUT2D eigenvalue weighted by atomic mass is 10.2. The first-order chi connectivity index (χ1) is 9.65. The SMILES string of the molecule is O=C(O)c1nc(-c2ccc3ccccc3n2)ncc1Cl. The van der Waals surface area contributed by atoms with Gasteiger partial charge < -0.3 is 5.11 Å². The van der Waals surface area contributed by atoms with Gasteiger partial charge in [-0.25, -0.2) is 19.7 Å². The second-order valence-corrected chi connectivity index (χ2v) is 4.49. The summed E-state index contributed by atoms with van der Waals surface area (Å²) in [6.07, 6.45) is 1.27. The molecule has 0 unspecified atom stereocenters. The van der Waals surface area contributed by atoms with Crippen molar-refractivity contribution in [2.45, 2.75) is 0 Å². The number of aromatic nitrogens is 3. The topological polar surface area (TPSA) is 76.0 Å². The van der Waals surface area contributed by atoms with E-state index in [9.17, 15) is 4.79 Å². The quantitative estimate of drug-likeness (QED) is 0.783. The zero-order valence-electron chi connectivity index (χ0n) is 10.1. The zero-order valence-corrected chi connectivity index (χ0v) is 10.9. The highest BCUT2D eigenvalue weighted by Crippen LogP contribution is 2.20. The van der Waals surface area contributed by atoms with Crippen LogP contribution in [0.4, 0.5) is 0 Å². The van der Waals surface area contributed by atoms with Crippen LogP contribution in [0.15, 0.2) is 42.6 Å². The van der Waals surface area contributed by atoms with Crippen LogP contribution in [-0.4, -0.2) is 26.0 Å². The number of benzene rings is 1. The number of halogens is 1. The Morgan fingerprint density at radius 3 is 2.70 bits per heavy atom. The van der Waals surface area contributed by atoms with Crippen molar-refractivity contribution in [1.82, 2.24) is 15.0 Å². The van der Waals surface area contributed by atoms with Crippen LogP contribution in [0, 0.1) is 0 Å². The summed E-state index contributed by atoms with van der Waals surface area (Å²) in [6, 6.07) is 11.2. The molecule has 1 N–H and O–H groups in total. The number of carboxylic acids is 1. The minimum absolute atomic E-state index is 0.00189. The van der Waals surface area contributed by atoms with Crippen molar-refractivity contribution in [2.75, 3.05) is 0 Å². The third-order valence-electron chi connectivity index (χ3n) is 2.77. The van der Waals surface area contributed by atoms with Crippen molar-refractivity contribution in [3.8, 4) is 11.5 Å². The van der Waals surface area contributed by atoms with Gasteiger partial charge in [-0.3, -0.25) is 0 Å². The number of nitrogens with zero attached hydrogens (tertiary/aromatic N) is 3. The van der Waals surface area contributed by atoms with Crippen molar-refractivity contribution in [2.24, 2.45) is 0 Å². The van der Waals surface area contributed by atoms with E-state index < -0.39 is 5.97 Å². The third kappa shape index (κ3) is 2.19. The maximum Gasteiger partial charge on any atom is 0.356 e. The lowest BCUT2D eigenvalue weighted by Crippen LogP contribution is -2.04. The van der Waals surface area contributed by atoms with Crippen molar-refractivity contribution < 1.29 is 9.90 Å². The number of hydrogen-bond acceptors (Lipinski definition) is 4. The fraction of sp³-hybridized carbons (Fsp3) is 0. The van der Waals surface area contributed by atoms with Gasteiger partial charge in [-0.1, -0.05) is 35.9 Å². The van der Waals surface area contributed by atoms with Gasteiger partial charge in [0.15, 0.2) is 11.5 Å². The number of carboxylic acid groups (broad SMARTS) is 1. The van der Waals surface area contributed by atoms with Gasteiger partial charge in [0.25, 0.3) is 0 Å². The van der Waals surface area contributed by atoms with E-state index in [1.165, 1.54) is 6.20 Å². The monoisotopic (exact) mass is 285 g/mol. The number of rotatable bonds is 2. The minimum atomic E-state index is -1.19. The Bertz CT molecular complexity index is 820. The van der Waals surface area contributed by atoms with Crippen molar-refractivity contribution in [3.63, 3.8) is 0 Å². The van der Waals surface area contributed by atoms with Crippen LogP contribution in [0.3, 0.4) is 0 Å². The molecular weight excluding hydrogens is 278 g/mol. The Labute approximate surface area is 118 Å².